The summed E-state index contributed by atoms with van der Waals surface area (Å²) in [6, 6.07) is 12.1. The molecule has 112 valence electrons. The Morgan fingerprint density at radius 1 is 1.24 bits per heavy atom. The van der Waals surface area contributed by atoms with Crippen LogP contribution in [0.1, 0.15) is 5.56 Å². The van der Waals surface area contributed by atoms with E-state index in [0.29, 0.717) is 18.2 Å². The van der Waals surface area contributed by atoms with Gasteiger partial charge < -0.3 is 15.3 Å². The highest BCUT2D eigenvalue weighted by molar-refractivity contribution is 7.98. The van der Waals surface area contributed by atoms with Crippen LogP contribution in [-0.2, 0) is 6.54 Å². The molecule has 0 amide bonds. The van der Waals surface area contributed by atoms with Crippen LogP contribution >= 0.6 is 11.8 Å². The number of aromatic nitrogens is 2. The van der Waals surface area contributed by atoms with Crippen LogP contribution in [0.25, 0.3) is 0 Å². The lowest BCUT2D eigenvalue weighted by molar-refractivity contribution is 0.301. The minimum absolute atomic E-state index is 0.0837. The van der Waals surface area contributed by atoms with Gasteiger partial charge in [-0.15, -0.1) is 0 Å². The molecule has 0 unspecified atom stereocenters. The zero-order chi connectivity index (χ0) is 15.1. The maximum Gasteiger partial charge on any atom is 0.191 e. The quantitative estimate of drug-likeness (QED) is 0.604. The van der Waals surface area contributed by atoms with Crippen molar-refractivity contribution < 1.29 is 5.11 Å². The smallest absolute Gasteiger partial charge is 0.191 e. The van der Waals surface area contributed by atoms with Crippen LogP contribution in [0.15, 0.2) is 41.6 Å². The molecule has 21 heavy (non-hydrogen) atoms. The zero-order valence-electron chi connectivity index (χ0n) is 12.3. The number of nitrogens with one attached hydrogen (secondary N) is 1. The molecule has 2 rings (SSSR count). The number of anilines is 2. The standard InChI is InChI=1S/C15H20N4OS/c1-16-13-10-14(18-15(17-13)21-2)19(8-9-20)11-12-6-4-3-5-7-12/h3-7,10,20H,8-9,11H2,1-2H3,(H,16,17,18). The van der Waals surface area contributed by atoms with E-state index in [1.54, 1.807) is 0 Å². The van der Waals surface area contributed by atoms with E-state index in [0.717, 1.165) is 11.6 Å². The Hall–Kier alpha value is -1.79. The molecule has 0 aliphatic rings. The lowest BCUT2D eigenvalue weighted by Crippen LogP contribution is -2.27. The molecule has 0 aliphatic heterocycles. The van der Waals surface area contributed by atoms with Crippen molar-refractivity contribution in [3.63, 3.8) is 0 Å². The molecule has 1 aromatic heterocycles. The van der Waals surface area contributed by atoms with Gasteiger partial charge in [-0.3, -0.25) is 0 Å². The average molecular weight is 304 g/mol. The van der Waals surface area contributed by atoms with Gasteiger partial charge in [-0.2, -0.15) is 0 Å². The van der Waals surface area contributed by atoms with Crippen LogP contribution in [0, 0.1) is 0 Å². The summed E-state index contributed by atoms with van der Waals surface area (Å²) in [6.45, 7) is 1.32. The van der Waals surface area contributed by atoms with Crippen molar-refractivity contribution in [2.75, 3.05) is 36.7 Å². The molecule has 0 bridgehead atoms. The average Bonchev–Trinajstić information content (AvgIpc) is 2.55. The van der Waals surface area contributed by atoms with Crippen molar-refractivity contribution in [2.45, 2.75) is 11.7 Å². The lowest BCUT2D eigenvalue weighted by Gasteiger charge is -2.23. The van der Waals surface area contributed by atoms with Crippen LogP contribution < -0.4 is 10.2 Å². The molecule has 2 aromatic rings. The molecule has 0 atom stereocenters. The van der Waals surface area contributed by atoms with Gasteiger partial charge in [-0.25, -0.2) is 9.97 Å². The van der Waals surface area contributed by atoms with E-state index in [-0.39, 0.29) is 6.61 Å². The van der Waals surface area contributed by atoms with Crippen molar-refractivity contribution >= 4 is 23.4 Å². The van der Waals surface area contributed by atoms with Gasteiger partial charge in [-0.1, -0.05) is 42.1 Å². The fourth-order valence-corrected chi connectivity index (χ4v) is 2.37. The molecule has 6 heteroatoms. The van der Waals surface area contributed by atoms with Gasteiger partial charge >= 0.3 is 0 Å². The molecule has 0 spiro atoms. The predicted octanol–water partition coefficient (Wildman–Crippen LogP) is 2.24. The Balaban J connectivity index is 2.28. The fourth-order valence-electron chi connectivity index (χ4n) is 1.99. The van der Waals surface area contributed by atoms with E-state index in [1.807, 2.05) is 37.6 Å². The predicted molar refractivity (Wildman–Crippen MR) is 87.9 cm³/mol. The highest BCUT2D eigenvalue weighted by Crippen LogP contribution is 2.21. The summed E-state index contributed by atoms with van der Waals surface area (Å²) in [4.78, 5) is 11.0. The summed E-state index contributed by atoms with van der Waals surface area (Å²) in [7, 11) is 1.84. The Kier molecular flexibility index (Phi) is 5.83. The maximum absolute atomic E-state index is 9.32. The van der Waals surface area contributed by atoms with Crippen molar-refractivity contribution in [3.05, 3.63) is 42.0 Å². The normalized spacial score (nSPS) is 10.4. The SMILES string of the molecule is CNc1cc(N(CCO)Cc2ccccc2)nc(SC)n1. The van der Waals surface area contributed by atoms with Crippen LogP contribution in [0.2, 0.25) is 0 Å². The summed E-state index contributed by atoms with van der Waals surface area (Å²) in [5.74, 6) is 1.59. The first-order valence-electron chi connectivity index (χ1n) is 6.77. The van der Waals surface area contributed by atoms with Crippen LogP contribution in [0.3, 0.4) is 0 Å². The van der Waals surface area contributed by atoms with E-state index in [4.69, 9.17) is 0 Å². The van der Waals surface area contributed by atoms with Crippen molar-refractivity contribution in [1.29, 1.82) is 0 Å². The van der Waals surface area contributed by atoms with Gasteiger partial charge in [0.2, 0.25) is 0 Å². The number of aliphatic hydroxyl groups is 1. The fraction of sp³-hybridized carbons (Fsp3) is 0.333. The number of nitrogens with zero attached hydrogens (tertiary/aromatic N) is 3. The van der Waals surface area contributed by atoms with Crippen molar-refractivity contribution in [3.8, 4) is 0 Å². The first-order chi connectivity index (χ1) is 10.3. The van der Waals surface area contributed by atoms with E-state index in [9.17, 15) is 5.11 Å². The molecule has 2 N–H and O–H groups in total. The van der Waals surface area contributed by atoms with E-state index in [1.165, 1.54) is 17.3 Å². The summed E-state index contributed by atoms with van der Waals surface area (Å²) in [5.41, 5.74) is 1.18. The second-order valence-corrected chi connectivity index (χ2v) is 5.25. The Bertz CT molecular complexity index is 543. The molecular formula is C15H20N4OS. The lowest BCUT2D eigenvalue weighted by atomic mass is 10.2. The topological polar surface area (TPSA) is 61.3 Å². The van der Waals surface area contributed by atoms with Crippen LogP contribution in [0.4, 0.5) is 11.6 Å². The number of rotatable bonds is 7. The molecule has 0 saturated carbocycles. The highest BCUT2D eigenvalue weighted by atomic mass is 32.2. The largest absolute Gasteiger partial charge is 0.395 e. The second kappa shape index (κ2) is 7.85. The van der Waals surface area contributed by atoms with Crippen LogP contribution in [0.5, 0.6) is 0 Å². The number of benzene rings is 1. The molecule has 5 nitrogen and oxygen atoms in total. The molecule has 0 aliphatic carbocycles. The molecule has 0 fully saturated rings. The number of thioether (sulfide) groups is 1. The highest BCUT2D eigenvalue weighted by Gasteiger charge is 2.11. The van der Waals surface area contributed by atoms with Gasteiger partial charge in [0.15, 0.2) is 5.16 Å². The van der Waals surface area contributed by atoms with E-state index in [2.05, 4.69) is 32.3 Å². The minimum atomic E-state index is 0.0837. The van der Waals surface area contributed by atoms with Crippen molar-refractivity contribution in [2.24, 2.45) is 0 Å². The third-order valence-corrected chi connectivity index (χ3v) is 3.59. The first-order valence-corrected chi connectivity index (χ1v) is 8.00. The minimum Gasteiger partial charge on any atom is -0.395 e. The van der Waals surface area contributed by atoms with Gasteiger partial charge in [0.1, 0.15) is 11.6 Å². The third kappa shape index (κ3) is 4.34. The summed E-state index contributed by atoms with van der Waals surface area (Å²) in [5, 5.41) is 13.1. The maximum atomic E-state index is 9.32. The first kappa shape index (κ1) is 15.6. The van der Waals surface area contributed by atoms with Crippen LogP contribution in [-0.4, -0.2) is 41.5 Å². The zero-order valence-corrected chi connectivity index (χ0v) is 13.1. The van der Waals surface area contributed by atoms with E-state index >= 15 is 0 Å². The van der Waals surface area contributed by atoms with E-state index < -0.39 is 0 Å². The number of hydrogen-bond acceptors (Lipinski definition) is 6. The summed E-state index contributed by atoms with van der Waals surface area (Å²) >= 11 is 1.50. The number of aliphatic hydroxyl groups excluding tert-OH is 1. The van der Waals surface area contributed by atoms with Crippen molar-refractivity contribution in [1.82, 2.24) is 9.97 Å². The molecule has 1 aromatic carbocycles. The van der Waals surface area contributed by atoms with Gasteiger partial charge in [0.05, 0.1) is 6.61 Å². The third-order valence-electron chi connectivity index (χ3n) is 3.04. The monoisotopic (exact) mass is 304 g/mol. The Morgan fingerprint density at radius 3 is 2.62 bits per heavy atom. The summed E-state index contributed by atoms with van der Waals surface area (Å²) in [6.07, 6.45) is 1.95. The molecule has 1 heterocycles. The number of hydrogen-bond donors (Lipinski definition) is 2. The molecular weight excluding hydrogens is 284 g/mol. The molecule has 0 saturated heterocycles. The van der Waals surface area contributed by atoms with Gasteiger partial charge in [-0.05, 0) is 11.8 Å². The van der Waals surface area contributed by atoms with Gasteiger partial charge in [0.25, 0.3) is 0 Å². The second-order valence-electron chi connectivity index (χ2n) is 4.48. The Morgan fingerprint density at radius 2 is 2.00 bits per heavy atom. The molecule has 0 radical (unpaired) electrons. The summed E-state index contributed by atoms with van der Waals surface area (Å²) < 4.78 is 0. The Labute approximate surface area is 129 Å². The van der Waals surface area contributed by atoms with Gasteiger partial charge in [0, 0.05) is 26.2 Å².